The molecular formula is C13H9FN2O3S. The van der Waals surface area contributed by atoms with Crippen molar-refractivity contribution in [1.82, 2.24) is 0 Å². The highest BCUT2D eigenvalue weighted by atomic mass is 32.1. The van der Waals surface area contributed by atoms with Gasteiger partial charge < -0.3 is 15.4 Å². The lowest BCUT2D eigenvalue weighted by Crippen LogP contribution is -2.26. The van der Waals surface area contributed by atoms with E-state index in [1.54, 1.807) is 17.5 Å². The van der Waals surface area contributed by atoms with E-state index >= 15 is 0 Å². The number of ether oxygens (including phenoxy) is 1. The van der Waals surface area contributed by atoms with Gasteiger partial charge in [-0.2, -0.15) is 0 Å². The molecule has 3 rings (SSSR count). The Morgan fingerprint density at radius 2 is 2.30 bits per heavy atom. The third-order valence-corrected chi connectivity index (χ3v) is 3.54. The lowest BCUT2D eigenvalue weighted by molar-refractivity contribution is -0.118. The molecule has 1 aromatic carbocycles. The summed E-state index contributed by atoms with van der Waals surface area (Å²) in [6.45, 7) is -0.166. The molecule has 0 atom stereocenters. The van der Waals surface area contributed by atoms with Crippen molar-refractivity contribution in [2.24, 2.45) is 0 Å². The number of rotatable bonds is 2. The van der Waals surface area contributed by atoms with Crippen LogP contribution in [0.4, 0.5) is 15.8 Å². The maximum absolute atomic E-state index is 13.5. The number of anilines is 2. The van der Waals surface area contributed by atoms with Gasteiger partial charge in [0.1, 0.15) is 5.82 Å². The Labute approximate surface area is 117 Å². The van der Waals surface area contributed by atoms with Crippen molar-refractivity contribution in [2.45, 2.75) is 0 Å². The van der Waals surface area contributed by atoms with Crippen LogP contribution in [-0.2, 0) is 4.79 Å². The lowest BCUT2D eigenvalue weighted by atomic mass is 10.2. The number of hydrogen-bond donors (Lipinski definition) is 2. The molecule has 0 spiro atoms. The minimum absolute atomic E-state index is 0.166. The molecule has 0 fully saturated rings. The fraction of sp³-hybridized carbons (Fsp3) is 0.0769. The van der Waals surface area contributed by atoms with Crippen molar-refractivity contribution < 1.29 is 18.7 Å². The SMILES string of the molecule is O=C1COc2c(cc(F)cc2NC(=O)c2cccs2)N1. The van der Waals surface area contributed by atoms with Crippen LogP contribution in [0, 0.1) is 5.82 Å². The second-order valence-electron chi connectivity index (χ2n) is 4.10. The zero-order chi connectivity index (χ0) is 14.1. The van der Waals surface area contributed by atoms with Crippen LogP contribution in [0.5, 0.6) is 5.75 Å². The van der Waals surface area contributed by atoms with Gasteiger partial charge >= 0.3 is 0 Å². The molecule has 5 nitrogen and oxygen atoms in total. The number of carbonyl (C=O) groups is 2. The highest BCUT2D eigenvalue weighted by molar-refractivity contribution is 7.12. The number of halogens is 1. The van der Waals surface area contributed by atoms with E-state index in [9.17, 15) is 14.0 Å². The summed E-state index contributed by atoms with van der Waals surface area (Å²) in [5, 5.41) is 6.85. The standard InChI is InChI=1S/C13H9FN2O3S/c14-7-4-8-12(19-6-11(17)15-8)9(5-7)16-13(18)10-2-1-3-20-10/h1-5H,6H2,(H,15,17)(H,16,18). The van der Waals surface area contributed by atoms with Crippen LogP contribution in [0.3, 0.4) is 0 Å². The average molecular weight is 292 g/mol. The van der Waals surface area contributed by atoms with Crippen molar-refractivity contribution in [2.75, 3.05) is 17.2 Å². The summed E-state index contributed by atoms with van der Waals surface area (Å²) < 4.78 is 18.8. The summed E-state index contributed by atoms with van der Waals surface area (Å²) in [7, 11) is 0. The molecule has 1 aliphatic rings. The van der Waals surface area contributed by atoms with Crippen molar-refractivity contribution in [3.8, 4) is 5.75 Å². The lowest BCUT2D eigenvalue weighted by Gasteiger charge is -2.21. The Morgan fingerprint density at radius 3 is 3.05 bits per heavy atom. The van der Waals surface area contributed by atoms with Crippen LogP contribution >= 0.6 is 11.3 Å². The van der Waals surface area contributed by atoms with Gasteiger partial charge in [-0.15, -0.1) is 11.3 Å². The summed E-state index contributed by atoms with van der Waals surface area (Å²) >= 11 is 1.28. The zero-order valence-corrected chi connectivity index (χ0v) is 10.9. The van der Waals surface area contributed by atoms with E-state index in [0.717, 1.165) is 12.1 Å². The van der Waals surface area contributed by atoms with E-state index in [2.05, 4.69) is 10.6 Å². The predicted molar refractivity (Wildman–Crippen MR) is 72.8 cm³/mol. The molecule has 0 saturated carbocycles. The van der Waals surface area contributed by atoms with Gasteiger partial charge in [0.2, 0.25) is 0 Å². The van der Waals surface area contributed by atoms with Crippen LogP contribution in [-0.4, -0.2) is 18.4 Å². The molecule has 1 aromatic heterocycles. The molecule has 20 heavy (non-hydrogen) atoms. The number of amides is 2. The maximum Gasteiger partial charge on any atom is 0.265 e. The van der Waals surface area contributed by atoms with Crippen molar-refractivity contribution in [3.05, 3.63) is 40.3 Å². The van der Waals surface area contributed by atoms with E-state index in [0.29, 0.717) is 4.88 Å². The number of thiophene rings is 1. The van der Waals surface area contributed by atoms with Crippen LogP contribution in [0.25, 0.3) is 0 Å². The molecule has 102 valence electrons. The molecule has 2 heterocycles. The molecule has 0 radical (unpaired) electrons. The summed E-state index contributed by atoms with van der Waals surface area (Å²) in [5.41, 5.74) is 0.404. The fourth-order valence-electron chi connectivity index (χ4n) is 1.85. The van der Waals surface area contributed by atoms with Gasteiger partial charge in [-0.1, -0.05) is 6.07 Å². The highest BCUT2D eigenvalue weighted by Crippen LogP contribution is 2.37. The van der Waals surface area contributed by atoms with Crippen LogP contribution in [0.15, 0.2) is 29.6 Å². The second-order valence-corrected chi connectivity index (χ2v) is 5.05. The topological polar surface area (TPSA) is 67.4 Å². The van der Waals surface area contributed by atoms with E-state index in [1.165, 1.54) is 11.3 Å². The van der Waals surface area contributed by atoms with Crippen LogP contribution < -0.4 is 15.4 Å². The molecule has 0 unspecified atom stereocenters. The van der Waals surface area contributed by atoms with Crippen LogP contribution in [0.1, 0.15) is 9.67 Å². The van der Waals surface area contributed by atoms with Crippen molar-refractivity contribution >= 4 is 34.5 Å². The first-order valence-electron chi connectivity index (χ1n) is 5.74. The largest absolute Gasteiger partial charge is 0.479 e. The van der Waals surface area contributed by atoms with Gasteiger partial charge in [0.25, 0.3) is 11.8 Å². The Bertz CT molecular complexity index is 685. The Kier molecular flexibility index (Phi) is 3.11. The molecule has 0 aliphatic carbocycles. The molecule has 1 aliphatic heterocycles. The molecule has 0 saturated heterocycles. The zero-order valence-electron chi connectivity index (χ0n) is 10.1. The first kappa shape index (κ1) is 12.6. The number of fused-ring (bicyclic) bond motifs is 1. The highest BCUT2D eigenvalue weighted by Gasteiger charge is 2.22. The summed E-state index contributed by atoms with van der Waals surface area (Å²) in [4.78, 5) is 23.7. The minimum atomic E-state index is -0.573. The van der Waals surface area contributed by atoms with Crippen molar-refractivity contribution in [3.63, 3.8) is 0 Å². The minimum Gasteiger partial charge on any atom is -0.479 e. The third kappa shape index (κ3) is 2.35. The average Bonchev–Trinajstić information content (AvgIpc) is 2.91. The Hall–Kier alpha value is -2.41. The second kappa shape index (κ2) is 4.93. The number of hydrogen-bond acceptors (Lipinski definition) is 4. The van der Waals surface area contributed by atoms with Gasteiger partial charge in [-0.3, -0.25) is 9.59 Å². The number of carbonyl (C=O) groups excluding carboxylic acids is 2. The van der Waals surface area contributed by atoms with E-state index in [1.807, 2.05) is 0 Å². The van der Waals surface area contributed by atoms with Gasteiger partial charge in [-0.05, 0) is 11.4 Å². The third-order valence-electron chi connectivity index (χ3n) is 2.67. The van der Waals surface area contributed by atoms with Gasteiger partial charge in [0.05, 0.1) is 16.3 Å². The first-order valence-corrected chi connectivity index (χ1v) is 6.62. The molecule has 2 aromatic rings. The number of benzene rings is 1. The van der Waals surface area contributed by atoms with Gasteiger partial charge in [0.15, 0.2) is 12.4 Å². The molecule has 2 N–H and O–H groups in total. The Morgan fingerprint density at radius 1 is 1.45 bits per heavy atom. The van der Waals surface area contributed by atoms with E-state index in [4.69, 9.17) is 4.74 Å². The predicted octanol–water partition coefficient (Wildman–Crippen LogP) is 2.47. The fourth-order valence-corrected chi connectivity index (χ4v) is 2.47. The molecule has 2 amide bonds. The number of nitrogens with one attached hydrogen (secondary N) is 2. The van der Waals surface area contributed by atoms with E-state index < -0.39 is 5.82 Å². The Balaban J connectivity index is 1.93. The summed E-state index contributed by atoms with van der Waals surface area (Å²) in [5.74, 6) is -1.03. The van der Waals surface area contributed by atoms with Crippen molar-refractivity contribution in [1.29, 1.82) is 0 Å². The molecular weight excluding hydrogens is 283 g/mol. The molecule has 0 bridgehead atoms. The maximum atomic E-state index is 13.5. The van der Waals surface area contributed by atoms with Gasteiger partial charge in [-0.25, -0.2) is 4.39 Å². The summed E-state index contributed by atoms with van der Waals surface area (Å²) in [6, 6.07) is 5.71. The van der Waals surface area contributed by atoms with E-state index in [-0.39, 0.29) is 35.5 Å². The smallest absolute Gasteiger partial charge is 0.265 e. The quantitative estimate of drug-likeness (QED) is 0.893. The monoisotopic (exact) mass is 292 g/mol. The molecule has 7 heteroatoms. The normalized spacial score (nSPS) is 13.2. The summed E-state index contributed by atoms with van der Waals surface area (Å²) in [6.07, 6.45) is 0. The van der Waals surface area contributed by atoms with Gasteiger partial charge in [0, 0.05) is 12.1 Å². The van der Waals surface area contributed by atoms with Crippen LogP contribution in [0.2, 0.25) is 0 Å². The first-order chi connectivity index (χ1) is 9.63.